The molecule has 1 aliphatic heterocycles. The Kier molecular flexibility index (Phi) is 5.57. The Morgan fingerprint density at radius 2 is 1.83 bits per heavy atom. The Balaban J connectivity index is 2.38. The maximum Gasteiger partial charge on any atom is 0.309 e. The SMILES string of the molecule is CC(NC(=O)C(=O)NCCN)C(=O)N1CCCC1. The van der Waals surface area contributed by atoms with Crippen LogP contribution in [0.1, 0.15) is 19.8 Å². The molecule has 0 aromatic heterocycles. The van der Waals surface area contributed by atoms with Crippen LogP contribution in [-0.2, 0) is 14.4 Å². The first-order chi connectivity index (χ1) is 8.56. The van der Waals surface area contributed by atoms with Crippen molar-refractivity contribution in [2.24, 2.45) is 5.73 Å². The summed E-state index contributed by atoms with van der Waals surface area (Å²) in [7, 11) is 0. The summed E-state index contributed by atoms with van der Waals surface area (Å²) in [5.74, 6) is -1.71. The van der Waals surface area contributed by atoms with Crippen molar-refractivity contribution in [2.45, 2.75) is 25.8 Å². The van der Waals surface area contributed by atoms with E-state index in [4.69, 9.17) is 5.73 Å². The number of nitrogens with zero attached hydrogens (tertiary/aromatic N) is 1. The highest BCUT2D eigenvalue weighted by Gasteiger charge is 2.25. The minimum atomic E-state index is -0.802. The van der Waals surface area contributed by atoms with E-state index in [1.807, 2.05) is 0 Å². The first-order valence-corrected chi connectivity index (χ1v) is 6.13. The van der Waals surface area contributed by atoms with Gasteiger partial charge in [-0.2, -0.15) is 0 Å². The molecule has 4 N–H and O–H groups in total. The molecule has 7 nitrogen and oxygen atoms in total. The Bertz CT molecular complexity index is 326. The summed E-state index contributed by atoms with van der Waals surface area (Å²) in [5, 5.41) is 4.73. The molecule has 3 amide bonds. The number of hydrogen-bond acceptors (Lipinski definition) is 4. The number of rotatable bonds is 4. The molecule has 1 heterocycles. The summed E-state index contributed by atoms with van der Waals surface area (Å²) < 4.78 is 0. The average molecular weight is 256 g/mol. The molecule has 18 heavy (non-hydrogen) atoms. The van der Waals surface area contributed by atoms with Gasteiger partial charge in [0.1, 0.15) is 6.04 Å². The zero-order valence-electron chi connectivity index (χ0n) is 10.6. The Morgan fingerprint density at radius 1 is 1.22 bits per heavy atom. The second-order valence-corrected chi connectivity index (χ2v) is 4.27. The fraction of sp³-hybridized carbons (Fsp3) is 0.727. The van der Waals surface area contributed by atoms with Crippen LogP contribution in [0.3, 0.4) is 0 Å². The van der Waals surface area contributed by atoms with Gasteiger partial charge in [-0.05, 0) is 19.8 Å². The van der Waals surface area contributed by atoms with Gasteiger partial charge in [0.15, 0.2) is 0 Å². The van der Waals surface area contributed by atoms with Crippen LogP contribution >= 0.6 is 0 Å². The van der Waals surface area contributed by atoms with Crippen molar-refractivity contribution in [1.29, 1.82) is 0 Å². The standard InChI is InChI=1S/C11H20N4O3/c1-8(11(18)15-6-2-3-7-15)14-10(17)9(16)13-5-4-12/h8H,2-7,12H2,1H3,(H,13,16)(H,14,17). The Hall–Kier alpha value is -1.63. The lowest BCUT2D eigenvalue weighted by Crippen LogP contribution is -2.50. The van der Waals surface area contributed by atoms with Crippen molar-refractivity contribution in [3.8, 4) is 0 Å². The number of carbonyl (C=O) groups excluding carboxylic acids is 3. The van der Waals surface area contributed by atoms with Gasteiger partial charge in [-0.15, -0.1) is 0 Å². The predicted octanol–water partition coefficient (Wildman–Crippen LogP) is -1.81. The van der Waals surface area contributed by atoms with Gasteiger partial charge in [0.25, 0.3) is 0 Å². The van der Waals surface area contributed by atoms with Crippen LogP contribution in [0.2, 0.25) is 0 Å². The number of carbonyl (C=O) groups is 3. The molecule has 0 aromatic rings. The molecule has 0 radical (unpaired) electrons. The zero-order valence-corrected chi connectivity index (χ0v) is 10.6. The van der Waals surface area contributed by atoms with Gasteiger partial charge in [0, 0.05) is 26.2 Å². The van der Waals surface area contributed by atoms with E-state index in [0.717, 1.165) is 25.9 Å². The monoisotopic (exact) mass is 256 g/mol. The van der Waals surface area contributed by atoms with Gasteiger partial charge in [-0.3, -0.25) is 14.4 Å². The van der Waals surface area contributed by atoms with Crippen LogP contribution < -0.4 is 16.4 Å². The van der Waals surface area contributed by atoms with E-state index in [0.29, 0.717) is 0 Å². The molecule has 1 aliphatic rings. The van der Waals surface area contributed by atoms with Crippen LogP contribution in [0.25, 0.3) is 0 Å². The number of hydrogen-bond donors (Lipinski definition) is 3. The highest BCUT2D eigenvalue weighted by molar-refractivity contribution is 6.35. The Labute approximate surface area is 106 Å². The molecule has 0 aliphatic carbocycles. The molecule has 1 fully saturated rings. The van der Waals surface area contributed by atoms with Gasteiger partial charge in [0.05, 0.1) is 0 Å². The first kappa shape index (κ1) is 14.4. The molecule has 1 rings (SSSR count). The second-order valence-electron chi connectivity index (χ2n) is 4.27. The van der Waals surface area contributed by atoms with Crippen LogP contribution in [0.15, 0.2) is 0 Å². The van der Waals surface area contributed by atoms with Crippen molar-refractivity contribution >= 4 is 17.7 Å². The lowest BCUT2D eigenvalue weighted by molar-refractivity contribution is -0.141. The van der Waals surface area contributed by atoms with E-state index in [-0.39, 0.29) is 19.0 Å². The molecule has 7 heteroatoms. The largest absolute Gasteiger partial charge is 0.347 e. The summed E-state index contributed by atoms with van der Waals surface area (Å²) in [6, 6.07) is -0.681. The summed E-state index contributed by atoms with van der Waals surface area (Å²) in [5.41, 5.74) is 5.20. The first-order valence-electron chi connectivity index (χ1n) is 6.13. The van der Waals surface area contributed by atoms with Crippen molar-refractivity contribution in [2.75, 3.05) is 26.2 Å². The van der Waals surface area contributed by atoms with Gasteiger partial charge in [-0.25, -0.2) is 0 Å². The van der Waals surface area contributed by atoms with Crippen LogP contribution in [-0.4, -0.2) is 54.8 Å². The highest BCUT2D eigenvalue weighted by atomic mass is 16.2. The third-order valence-electron chi connectivity index (χ3n) is 2.77. The van der Waals surface area contributed by atoms with Gasteiger partial charge in [-0.1, -0.05) is 0 Å². The fourth-order valence-electron chi connectivity index (χ4n) is 1.80. The average Bonchev–Trinajstić information content (AvgIpc) is 2.88. The molecule has 1 saturated heterocycles. The third kappa shape index (κ3) is 3.99. The molecule has 0 saturated carbocycles. The minimum Gasteiger partial charge on any atom is -0.347 e. The van der Waals surface area contributed by atoms with Gasteiger partial charge < -0.3 is 21.3 Å². The summed E-state index contributed by atoms with van der Waals surface area (Å²) >= 11 is 0. The van der Waals surface area contributed by atoms with Gasteiger partial charge in [0.2, 0.25) is 5.91 Å². The van der Waals surface area contributed by atoms with E-state index in [1.165, 1.54) is 0 Å². The van der Waals surface area contributed by atoms with Crippen LogP contribution in [0.4, 0.5) is 0 Å². The highest BCUT2D eigenvalue weighted by Crippen LogP contribution is 2.08. The molecular formula is C11H20N4O3. The smallest absolute Gasteiger partial charge is 0.309 e. The molecule has 0 aromatic carbocycles. The quantitative estimate of drug-likeness (QED) is 0.515. The van der Waals surface area contributed by atoms with Crippen molar-refractivity contribution in [1.82, 2.24) is 15.5 Å². The summed E-state index contributed by atoms with van der Waals surface area (Å²) in [6.45, 7) is 3.52. The maximum absolute atomic E-state index is 11.9. The van der Waals surface area contributed by atoms with E-state index in [9.17, 15) is 14.4 Å². The molecule has 1 atom stereocenters. The number of nitrogens with one attached hydrogen (secondary N) is 2. The minimum absolute atomic E-state index is 0.146. The van der Waals surface area contributed by atoms with E-state index in [2.05, 4.69) is 10.6 Å². The lowest BCUT2D eigenvalue weighted by Gasteiger charge is -2.20. The molecule has 102 valence electrons. The maximum atomic E-state index is 11.9. The molecule has 0 spiro atoms. The topological polar surface area (TPSA) is 105 Å². The predicted molar refractivity (Wildman–Crippen MR) is 65.5 cm³/mol. The van der Waals surface area contributed by atoms with Crippen LogP contribution in [0.5, 0.6) is 0 Å². The molecule has 0 bridgehead atoms. The zero-order chi connectivity index (χ0) is 13.5. The van der Waals surface area contributed by atoms with Crippen LogP contribution in [0, 0.1) is 0 Å². The normalized spacial score (nSPS) is 16.2. The fourth-order valence-corrected chi connectivity index (χ4v) is 1.80. The number of nitrogens with two attached hydrogens (primary N) is 1. The molecular weight excluding hydrogens is 236 g/mol. The van der Waals surface area contributed by atoms with Crippen molar-refractivity contribution in [3.05, 3.63) is 0 Å². The number of amides is 3. The van der Waals surface area contributed by atoms with E-state index < -0.39 is 17.9 Å². The van der Waals surface area contributed by atoms with E-state index >= 15 is 0 Å². The Morgan fingerprint density at radius 3 is 2.39 bits per heavy atom. The second kappa shape index (κ2) is 6.95. The van der Waals surface area contributed by atoms with Gasteiger partial charge >= 0.3 is 11.8 Å². The van der Waals surface area contributed by atoms with Crippen molar-refractivity contribution < 1.29 is 14.4 Å². The van der Waals surface area contributed by atoms with Crippen molar-refractivity contribution in [3.63, 3.8) is 0 Å². The summed E-state index contributed by atoms with van der Waals surface area (Å²) in [4.78, 5) is 36.3. The third-order valence-corrected chi connectivity index (χ3v) is 2.77. The summed E-state index contributed by atoms with van der Waals surface area (Å²) in [6.07, 6.45) is 1.98. The molecule has 1 unspecified atom stereocenters. The number of likely N-dealkylation sites (tertiary alicyclic amines) is 1. The van der Waals surface area contributed by atoms with E-state index in [1.54, 1.807) is 11.8 Å². The lowest BCUT2D eigenvalue weighted by atomic mass is 10.3.